The summed E-state index contributed by atoms with van der Waals surface area (Å²) in [7, 11) is 1.52. The molecule has 0 saturated heterocycles. The van der Waals surface area contributed by atoms with Crippen molar-refractivity contribution in [3.05, 3.63) is 66.0 Å². The summed E-state index contributed by atoms with van der Waals surface area (Å²) in [5.41, 5.74) is 0.546. The summed E-state index contributed by atoms with van der Waals surface area (Å²) in [6.07, 6.45) is -3.29. The van der Waals surface area contributed by atoms with Gasteiger partial charge in [-0.25, -0.2) is 9.67 Å². The highest BCUT2D eigenvalue weighted by Crippen LogP contribution is 2.43. The molecule has 3 heterocycles. The molecular weight excluding hydrogens is 399 g/mol. The molecule has 1 aliphatic heterocycles. The van der Waals surface area contributed by atoms with Gasteiger partial charge in [-0.2, -0.15) is 18.3 Å². The van der Waals surface area contributed by atoms with Crippen molar-refractivity contribution in [2.75, 3.05) is 17.7 Å². The van der Waals surface area contributed by atoms with E-state index in [1.165, 1.54) is 19.4 Å². The maximum Gasteiger partial charge on any atom is 0.410 e. The molecule has 30 heavy (non-hydrogen) atoms. The molecule has 1 amide bonds. The number of carbonyl (C=O) groups excluding carboxylic acids is 1. The van der Waals surface area contributed by atoms with E-state index in [1.807, 2.05) is 0 Å². The van der Waals surface area contributed by atoms with E-state index in [1.54, 1.807) is 42.5 Å². The summed E-state index contributed by atoms with van der Waals surface area (Å²) in [5, 5.41) is 9.51. The molecule has 0 bridgehead atoms. The van der Waals surface area contributed by atoms with Crippen LogP contribution in [0, 0.1) is 0 Å². The number of benzene rings is 1. The van der Waals surface area contributed by atoms with Gasteiger partial charge in [0.1, 0.15) is 17.4 Å². The molecule has 0 saturated carbocycles. The summed E-state index contributed by atoms with van der Waals surface area (Å²) in [6, 6.07) is 10.6. The van der Waals surface area contributed by atoms with Crippen molar-refractivity contribution in [1.29, 1.82) is 0 Å². The van der Waals surface area contributed by atoms with E-state index in [0.29, 0.717) is 11.3 Å². The monoisotopic (exact) mass is 417 g/mol. The fourth-order valence-electron chi connectivity index (χ4n) is 3.36. The highest BCUT2D eigenvalue weighted by Gasteiger charge is 2.46. The van der Waals surface area contributed by atoms with Crippen LogP contribution in [0.2, 0.25) is 0 Å². The molecule has 2 aromatic heterocycles. The topological polar surface area (TPSA) is 81.1 Å². The van der Waals surface area contributed by atoms with E-state index < -0.39 is 24.2 Å². The number of methoxy groups -OCH3 is 1. The third kappa shape index (κ3) is 3.93. The van der Waals surface area contributed by atoms with Crippen molar-refractivity contribution in [2.45, 2.75) is 24.7 Å². The van der Waals surface area contributed by atoms with Gasteiger partial charge in [0.05, 0.1) is 13.2 Å². The van der Waals surface area contributed by atoms with Crippen molar-refractivity contribution in [2.24, 2.45) is 0 Å². The number of pyridine rings is 1. The van der Waals surface area contributed by atoms with E-state index >= 15 is 0 Å². The Bertz CT molecular complexity index is 1030. The predicted molar refractivity (Wildman–Crippen MR) is 103 cm³/mol. The van der Waals surface area contributed by atoms with Crippen LogP contribution in [0.3, 0.4) is 0 Å². The Labute approximate surface area is 169 Å². The largest absolute Gasteiger partial charge is 0.497 e. The second kappa shape index (κ2) is 7.69. The molecule has 1 aromatic carbocycles. The first-order valence-corrected chi connectivity index (χ1v) is 9.14. The third-order valence-electron chi connectivity index (χ3n) is 4.85. The van der Waals surface area contributed by atoms with E-state index in [9.17, 15) is 18.0 Å². The van der Waals surface area contributed by atoms with Crippen LogP contribution in [0.1, 0.15) is 34.6 Å². The molecule has 0 radical (unpaired) electrons. The Morgan fingerprint density at radius 2 is 2.00 bits per heavy atom. The predicted octanol–water partition coefficient (Wildman–Crippen LogP) is 4.20. The number of nitrogens with zero attached hydrogens (tertiary/aromatic N) is 3. The number of aromatic nitrogens is 3. The second-order valence-electron chi connectivity index (χ2n) is 6.79. The maximum absolute atomic E-state index is 13.8. The lowest BCUT2D eigenvalue weighted by Gasteiger charge is -2.33. The summed E-state index contributed by atoms with van der Waals surface area (Å²) >= 11 is 0. The van der Waals surface area contributed by atoms with Crippen molar-refractivity contribution < 1.29 is 22.7 Å². The van der Waals surface area contributed by atoms with Gasteiger partial charge in [-0.1, -0.05) is 18.2 Å². The van der Waals surface area contributed by atoms with E-state index in [2.05, 4.69) is 20.7 Å². The van der Waals surface area contributed by atoms with Gasteiger partial charge >= 0.3 is 6.18 Å². The first-order chi connectivity index (χ1) is 14.3. The molecule has 0 fully saturated rings. The van der Waals surface area contributed by atoms with Gasteiger partial charge in [-0.3, -0.25) is 4.79 Å². The Balaban J connectivity index is 1.63. The van der Waals surface area contributed by atoms with Crippen molar-refractivity contribution in [3.63, 3.8) is 0 Å². The zero-order chi connectivity index (χ0) is 21.3. The number of amides is 1. The molecule has 0 unspecified atom stereocenters. The van der Waals surface area contributed by atoms with Crippen LogP contribution >= 0.6 is 0 Å². The number of hydrogen-bond donors (Lipinski definition) is 2. The zero-order valence-electron chi connectivity index (χ0n) is 15.8. The standard InChI is InChI=1S/C20H18F3N5O2/c1-30-13-7-5-12(6-8-13)14-10-16(20(21,22)23)28-18(25-14)11-15(27-28)19(29)26-17-4-2-3-9-24-17/h2-9,11,14,16,25H,10H2,1H3,(H,24,26,29)/t14-,16-/m1/s1. The van der Waals surface area contributed by atoms with Gasteiger partial charge < -0.3 is 15.4 Å². The fourth-order valence-corrected chi connectivity index (χ4v) is 3.36. The average molecular weight is 417 g/mol. The first kappa shape index (κ1) is 19.7. The molecule has 2 atom stereocenters. The Morgan fingerprint density at radius 1 is 1.23 bits per heavy atom. The van der Waals surface area contributed by atoms with Crippen LogP contribution in [-0.2, 0) is 0 Å². The van der Waals surface area contributed by atoms with Crippen molar-refractivity contribution >= 4 is 17.5 Å². The average Bonchev–Trinajstić information content (AvgIpc) is 3.17. The Morgan fingerprint density at radius 3 is 2.63 bits per heavy atom. The third-order valence-corrected chi connectivity index (χ3v) is 4.85. The van der Waals surface area contributed by atoms with Crippen LogP contribution in [0.4, 0.5) is 24.8 Å². The van der Waals surface area contributed by atoms with Crippen LogP contribution in [0.5, 0.6) is 5.75 Å². The van der Waals surface area contributed by atoms with Crippen LogP contribution in [0.15, 0.2) is 54.7 Å². The fraction of sp³-hybridized carbons (Fsp3) is 0.250. The van der Waals surface area contributed by atoms with Gasteiger partial charge in [0.15, 0.2) is 11.7 Å². The molecule has 10 heteroatoms. The van der Waals surface area contributed by atoms with E-state index in [4.69, 9.17) is 4.74 Å². The number of nitrogens with one attached hydrogen (secondary N) is 2. The van der Waals surface area contributed by atoms with Gasteiger partial charge in [-0.15, -0.1) is 0 Å². The normalized spacial score (nSPS) is 18.3. The molecule has 1 aliphatic rings. The van der Waals surface area contributed by atoms with E-state index in [0.717, 1.165) is 4.68 Å². The summed E-state index contributed by atoms with van der Waals surface area (Å²) in [5.74, 6) is 0.375. The maximum atomic E-state index is 13.8. The molecule has 4 rings (SSSR count). The second-order valence-corrected chi connectivity index (χ2v) is 6.79. The Hall–Kier alpha value is -3.56. The summed E-state index contributed by atoms with van der Waals surface area (Å²) < 4.78 is 47.2. The number of rotatable bonds is 4. The van der Waals surface area contributed by atoms with Crippen LogP contribution < -0.4 is 15.4 Å². The number of alkyl halides is 3. The molecule has 156 valence electrons. The highest BCUT2D eigenvalue weighted by atomic mass is 19.4. The highest BCUT2D eigenvalue weighted by molar-refractivity contribution is 6.02. The van der Waals surface area contributed by atoms with Gasteiger partial charge in [0, 0.05) is 18.7 Å². The first-order valence-electron chi connectivity index (χ1n) is 9.14. The molecule has 0 spiro atoms. The Kier molecular flexibility index (Phi) is 5.06. The quantitative estimate of drug-likeness (QED) is 0.665. The van der Waals surface area contributed by atoms with Gasteiger partial charge in [-0.05, 0) is 29.8 Å². The number of anilines is 2. The molecule has 0 aliphatic carbocycles. The summed E-state index contributed by atoms with van der Waals surface area (Å²) in [4.78, 5) is 16.4. The smallest absolute Gasteiger partial charge is 0.410 e. The lowest BCUT2D eigenvalue weighted by molar-refractivity contribution is -0.173. The molecule has 2 N–H and O–H groups in total. The molecule has 7 nitrogen and oxygen atoms in total. The lowest BCUT2D eigenvalue weighted by Crippen LogP contribution is -2.35. The zero-order valence-corrected chi connectivity index (χ0v) is 15.8. The SMILES string of the molecule is COc1ccc([C@H]2C[C@H](C(F)(F)F)n3nc(C(=O)Nc4ccccn4)cc3N2)cc1. The number of halogens is 3. The summed E-state index contributed by atoms with van der Waals surface area (Å²) in [6.45, 7) is 0. The van der Waals surface area contributed by atoms with Crippen LogP contribution in [0.25, 0.3) is 0 Å². The van der Waals surface area contributed by atoms with Gasteiger partial charge in [0.2, 0.25) is 0 Å². The van der Waals surface area contributed by atoms with Crippen molar-refractivity contribution in [1.82, 2.24) is 14.8 Å². The molecular formula is C20H18F3N5O2. The number of carbonyl (C=O) groups is 1. The minimum absolute atomic E-state index is 0.121. The van der Waals surface area contributed by atoms with Crippen LogP contribution in [-0.4, -0.2) is 34.0 Å². The minimum Gasteiger partial charge on any atom is -0.497 e. The number of ether oxygens (including phenoxy) is 1. The number of fused-ring (bicyclic) bond motifs is 1. The number of hydrogen-bond acceptors (Lipinski definition) is 5. The van der Waals surface area contributed by atoms with Gasteiger partial charge in [0.25, 0.3) is 5.91 Å². The lowest BCUT2D eigenvalue weighted by atomic mass is 9.97. The minimum atomic E-state index is -4.53. The molecule has 3 aromatic rings. The van der Waals surface area contributed by atoms with E-state index in [-0.39, 0.29) is 23.8 Å². The van der Waals surface area contributed by atoms with Crippen molar-refractivity contribution in [3.8, 4) is 5.75 Å².